The Kier molecular flexibility index (Phi) is 11.5. The van der Waals surface area contributed by atoms with Gasteiger partial charge < -0.3 is 5.73 Å². The van der Waals surface area contributed by atoms with Crippen LogP contribution in [0, 0.1) is 0 Å². The fourth-order valence-corrected chi connectivity index (χ4v) is 0.549. The average Bonchev–Trinajstić information content (AvgIpc) is 1.66. The van der Waals surface area contributed by atoms with Crippen LogP contribution in [0.3, 0.4) is 0 Å². The van der Waals surface area contributed by atoms with Crippen LogP contribution in [-0.4, -0.2) is 35.5 Å². The van der Waals surface area contributed by atoms with Gasteiger partial charge in [0.1, 0.15) is 0 Å². The number of hydrogen-bond donors (Lipinski definition) is 1. The summed E-state index contributed by atoms with van der Waals surface area (Å²) in [6, 6.07) is 0. The molecule has 2 N–H and O–H groups in total. The SMILES string of the molecule is CCCCCC(N)=O.[Na]. The third-order valence-electron chi connectivity index (χ3n) is 1.03. The standard InChI is InChI=1S/C6H13NO.Na/c1-2-3-4-5-6(7)8;/h2-5H2,1H3,(H2,7,8);. The summed E-state index contributed by atoms with van der Waals surface area (Å²) in [5, 5.41) is 0. The van der Waals surface area contributed by atoms with Gasteiger partial charge in [-0.2, -0.15) is 0 Å². The summed E-state index contributed by atoms with van der Waals surface area (Å²) in [6.07, 6.45) is 3.76. The van der Waals surface area contributed by atoms with E-state index in [1.165, 1.54) is 0 Å². The van der Waals surface area contributed by atoms with E-state index in [-0.39, 0.29) is 35.5 Å². The van der Waals surface area contributed by atoms with E-state index < -0.39 is 0 Å². The largest absolute Gasteiger partial charge is 0.370 e. The van der Waals surface area contributed by atoms with Crippen LogP contribution in [-0.2, 0) is 4.79 Å². The number of amides is 1. The maximum absolute atomic E-state index is 10.1. The van der Waals surface area contributed by atoms with E-state index in [0.29, 0.717) is 6.42 Å². The van der Waals surface area contributed by atoms with Gasteiger partial charge in [-0.1, -0.05) is 19.8 Å². The summed E-state index contributed by atoms with van der Waals surface area (Å²) in [4.78, 5) is 10.1. The van der Waals surface area contributed by atoms with Crippen molar-refractivity contribution in [2.45, 2.75) is 32.6 Å². The Morgan fingerprint density at radius 2 is 2.00 bits per heavy atom. The number of carbonyl (C=O) groups is 1. The Morgan fingerprint density at radius 3 is 2.33 bits per heavy atom. The molecule has 0 aliphatic heterocycles. The minimum absolute atomic E-state index is 0. The van der Waals surface area contributed by atoms with Crippen LogP contribution in [0.5, 0.6) is 0 Å². The second-order valence-electron chi connectivity index (χ2n) is 1.92. The first kappa shape index (κ1) is 12.2. The van der Waals surface area contributed by atoms with Gasteiger partial charge in [-0.3, -0.25) is 4.79 Å². The molecule has 1 radical (unpaired) electrons. The molecule has 0 aliphatic rings. The maximum Gasteiger partial charge on any atom is 0.217 e. The predicted octanol–water partition coefficient (Wildman–Crippen LogP) is 0.671. The molecule has 0 fully saturated rings. The van der Waals surface area contributed by atoms with Gasteiger partial charge in [0, 0.05) is 36.0 Å². The van der Waals surface area contributed by atoms with E-state index in [0.717, 1.165) is 19.3 Å². The molecule has 9 heavy (non-hydrogen) atoms. The van der Waals surface area contributed by atoms with Crippen molar-refractivity contribution in [2.75, 3.05) is 0 Å². The molecular weight excluding hydrogens is 125 g/mol. The first-order valence-corrected chi connectivity index (χ1v) is 3.05. The van der Waals surface area contributed by atoms with Gasteiger partial charge in [0.05, 0.1) is 0 Å². The van der Waals surface area contributed by atoms with Crippen LogP contribution in [0.4, 0.5) is 0 Å². The van der Waals surface area contributed by atoms with E-state index >= 15 is 0 Å². The zero-order valence-corrected chi connectivity index (χ0v) is 8.31. The van der Waals surface area contributed by atoms with Crippen molar-refractivity contribution in [3.05, 3.63) is 0 Å². The summed E-state index contributed by atoms with van der Waals surface area (Å²) in [6.45, 7) is 2.10. The number of carbonyl (C=O) groups excluding carboxylic acids is 1. The summed E-state index contributed by atoms with van der Waals surface area (Å²) in [5.41, 5.74) is 4.89. The molecule has 0 saturated carbocycles. The summed E-state index contributed by atoms with van der Waals surface area (Å²) in [7, 11) is 0. The zero-order valence-electron chi connectivity index (χ0n) is 6.31. The summed E-state index contributed by atoms with van der Waals surface area (Å²) in [5.74, 6) is -0.182. The second-order valence-corrected chi connectivity index (χ2v) is 1.92. The number of nitrogens with two attached hydrogens (primary N) is 1. The fourth-order valence-electron chi connectivity index (χ4n) is 0.549. The maximum atomic E-state index is 10.1. The third-order valence-corrected chi connectivity index (χ3v) is 1.03. The van der Waals surface area contributed by atoms with Crippen molar-refractivity contribution < 1.29 is 4.79 Å². The molecule has 0 aromatic heterocycles. The van der Waals surface area contributed by atoms with Gasteiger partial charge in [0.15, 0.2) is 0 Å². The predicted molar refractivity (Wildman–Crippen MR) is 39.1 cm³/mol. The molecule has 0 spiro atoms. The van der Waals surface area contributed by atoms with Crippen LogP contribution in [0.2, 0.25) is 0 Å². The Bertz CT molecular complexity index is 75.5. The quantitative estimate of drug-likeness (QED) is 0.450. The van der Waals surface area contributed by atoms with Crippen molar-refractivity contribution in [3.8, 4) is 0 Å². The molecule has 0 atom stereocenters. The molecule has 0 aromatic carbocycles. The van der Waals surface area contributed by atoms with E-state index in [2.05, 4.69) is 6.92 Å². The molecule has 0 unspecified atom stereocenters. The molecule has 1 amide bonds. The normalized spacial score (nSPS) is 8.11. The first-order valence-electron chi connectivity index (χ1n) is 3.05. The molecule has 49 valence electrons. The smallest absolute Gasteiger partial charge is 0.217 e. The topological polar surface area (TPSA) is 43.1 Å². The Labute approximate surface area is 78.5 Å². The van der Waals surface area contributed by atoms with E-state index in [1.54, 1.807) is 0 Å². The van der Waals surface area contributed by atoms with Gasteiger partial charge in [-0.15, -0.1) is 0 Å². The van der Waals surface area contributed by atoms with Gasteiger partial charge in [-0.25, -0.2) is 0 Å². The van der Waals surface area contributed by atoms with Gasteiger partial charge in [0.2, 0.25) is 5.91 Å². The molecule has 0 saturated heterocycles. The third kappa shape index (κ3) is 11.8. The number of primary amides is 1. The summed E-state index contributed by atoms with van der Waals surface area (Å²) < 4.78 is 0. The van der Waals surface area contributed by atoms with Crippen molar-refractivity contribution in [2.24, 2.45) is 5.73 Å². The second kappa shape index (κ2) is 8.47. The van der Waals surface area contributed by atoms with Crippen LogP contribution in [0.1, 0.15) is 32.6 Å². The van der Waals surface area contributed by atoms with E-state index in [9.17, 15) is 4.79 Å². The van der Waals surface area contributed by atoms with E-state index in [1.807, 2.05) is 0 Å². The van der Waals surface area contributed by atoms with Gasteiger partial charge in [0.25, 0.3) is 0 Å². The van der Waals surface area contributed by atoms with Crippen LogP contribution >= 0.6 is 0 Å². The van der Waals surface area contributed by atoms with Crippen molar-refractivity contribution in [1.82, 2.24) is 0 Å². The fraction of sp³-hybridized carbons (Fsp3) is 0.833. The Morgan fingerprint density at radius 1 is 1.44 bits per heavy atom. The molecule has 0 aromatic rings. The number of hydrogen-bond acceptors (Lipinski definition) is 1. The minimum Gasteiger partial charge on any atom is -0.370 e. The van der Waals surface area contributed by atoms with Crippen molar-refractivity contribution >= 4 is 35.5 Å². The Hall–Kier alpha value is 0.470. The number of rotatable bonds is 4. The number of unbranched alkanes of at least 4 members (excludes halogenated alkanes) is 2. The molecular formula is C6H13NNaO. The van der Waals surface area contributed by atoms with Crippen molar-refractivity contribution in [1.29, 1.82) is 0 Å². The molecule has 0 aliphatic carbocycles. The molecule has 3 heteroatoms. The van der Waals surface area contributed by atoms with Gasteiger partial charge >= 0.3 is 0 Å². The van der Waals surface area contributed by atoms with Crippen LogP contribution < -0.4 is 5.73 Å². The van der Waals surface area contributed by atoms with Crippen LogP contribution in [0.15, 0.2) is 0 Å². The van der Waals surface area contributed by atoms with E-state index in [4.69, 9.17) is 5.73 Å². The van der Waals surface area contributed by atoms with Gasteiger partial charge in [-0.05, 0) is 6.42 Å². The minimum atomic E-state index is -0.182. The molecule has 2 nitrogen and oxygen atoms in total. The summed E-state index contributed by atoms with van der Waals surface area (Å²) >= 11 is 0. The molecule has 0 rings (SSSR count). The monoisotopic (exact) mass is 138 g/mol. The van der Waals surface area contributed by atoms with Crippen molar-refractivity contribution in [3.63, 3.8) is 0 Å². The molecule has 0 bridgehead atoms. The Balaban J connectivity index is 0. The zero-order chi connectivity index (χ0) is 6.41. The molecule has 0 heterocycles. The first-order chi connectivity index (χ1) is 3.77. The average molecular weight is 138 g/mol. The van der Waals surface area contributed by atoms with Crippen LogP contribution in [0.25, 0.3) is 0 Å².